The van der Waals surface area contributed by atoms with Crippen LogP contribution >= 0.6 is 0 Å². The molecule has 3 heterocycles. The van der Waals surface area contributed by atoms with Crippen molar-refractivity contribution in [3.8, 4) is 11.3 Å². The van der Waals surface area contributed by atoms with Crippen molar-refractivity contribution >= 4 is 23.4 Å². The molecule has 0 saturated carbocycles. The molecule has 150 valence electrons. The highest BCUT2D eigenvalue weighted by Crippen LogP contribution is 2.28. The van der Waals surface area contributed by atoms with E-state index >= 15 is 0 Å². The highest BCUT2D eigenvalue weighted by Gasteiger charge is 2.35. The second-order valence-electron chi connectivity index (χ2n) is 7.37. The van der Waals surface area contributed by atoms with Gasteiger partial charge in [0.2, 0.25) is 5.91 Å². The molecule has 7 heteroatoms. The summed E-state index contributed by atoms with van der Waals surface area (Å²) in [5, 5.41) is 2.86. The summed E-state index contributed by atoms with van der Waals surface area (Å²) in [7, 11) is 1.45. The van der Waals surface area contributed by atoms with Crippen molar-refractivity contribution in [2.24, 2.45) is 0 Å². The Kier molecular flexibility index (Phi) is 4.87. The van der Waals surface area contributed by atoms with Crippen molar-refractivity contribution in [2.75, 3.05) is 12.4 Å². The van der Waals surface area contributed by atoms with Crippen LogP contribution in [0, 0.1) is 13.8 Å². The average molecular weight is 400 g/mol. The maximum absolute atomic E-state index is 12.7. The van der Waals surface area contributed by atoms with E-state index in [1.54, 1.807) is 30.7 Å². The van der Waals surface area contributed by atoms with Crippen molar-refractivity contribution in [1.29, 1.82) is 0 Å². The van der Waals surface area contributed by atoms with E-state index in [1.807, 2.05) is 32.0 Å². The smallest absolute Gasteiger partial charge is 0.261 e. The van der Waals surface area contributed by atoms with Gasteiger partial charge in [0.15, 0.2) is 0 Å². The van der Waals surface area contributed by atoms with Gasteiger partial charge in [0.25, 0.3) is 11.8 Å². The Labute approximate surface area is 173 Å². The Morgan fingerprint density at radius 2 is 1.90 bits per heavy atom. The van der Waals surface area contributed by atoms with E-state index in [9.17, 15) is 14.4 Å². The van der Waals surface area contributed by atoms with E-state index in [4.69, 9.17) is 0 Å². The summed E-state index contributed by atoms with van der Waals surface area (Å²) >= 11 is 0. The zero-order valence-electron chi connectivity index (χ0n) is 16.9. The fourth-order valence-electron chi connectivity index (χ4n) is 3.59. The van der Waals surface area contributed by atoms with Crippen LogP contribution in [0.5, 0.6) is 0 Å². The highest BCUT2D eigenvalue weighted by atomic mass is 16.2. The number of fused-ring (bicyclic) bond motifs is 1. The third kappa shape index (κ3) is 3.45. The molecule has 1 aliphatic heterocycles. The highest BCUT2D eigenvalue weighted by molar-refractivity contribution is 6.22. The number of aryl methyl sites for hydroxylation is 2. The van der Waals surface area contributed by atoms with Gasteiger partial charge in [-0.3, -0.25) is 29.3 Å². The van der Waals surface area contributed by atoms with Gasteiger partial charge in [-0.2, -0.15) is 0 Å². The lowest BCUT2D eigenvalue weighted by Crippen LogP contribution is -2.24. The molecule has 0 spiro atoms. The van der Waals surface area contributed by atoms with Crippen LogP contribution in [0.15, 0.2) is 48.9 Å². The molecule has 30 heavy (non-hydrogen) atoms. The minimum absolute atomic E-state index is 0.0132. The quantitative estimate of drug-likeness (QED) is 0.679. The van der Waals surface area contributed by atoms with E-state index < -0.39 is 0 Å². The number of amides is 3. The first-order valence-corrected chi connectivity index (χ1v) is 9.48. The summed E-state index contributed by atoms with van der Waals surface area (Å²) < 4.78 is 0. The summed E-state index contributed by atoms with van der Waals surface area (Å²) in [6.45, 7) is 3.72. The molecule has 0 bridgehead atoms. The number of imide groups is 1. The van der Waals surface area contributed by atoms with E-state index in [1.165, 1.54) is 7.05 Å². The predicted molar refractivity (Wildman–Crippen MR) is 112 cm³/mol. The van der Waals surface area contributed by atoms with Gasteiger partial charge in [-0.15, -0.1) is 0 Å². The minimum atomic E-state index is -0.378. The first-order valence-electron chi connectivity index (χ1n) is 9.48. The number of benzene rings is 1. The standard InChI is InChI=1S/C23H20N4O3/c1-13-7-16(21-17(8-13)22(29)27(3)23(21)30)10-20(28)26-19-12-25-18(9-14(19)2)15-5-4-6-24-11-15/h4-9,11-12H,10H2,1-3H3,(H,26,28). The van der Waals surface area contributed by atoms with Crippen LogP contribution in [-0.4, -0.2) is 39.6 Å². The average Bonchev–Trinajstić information content (AvgIpc) is 2.94. The molecule has 0 unspecified atom stereocenters. The number of rotatable bonds is 4. The number of hydrogen-bond acceptors (Lipinski definition) is 5. The van der Waals surface area contributed by atoms with E-state index in [2.05, 4.69) is 15.3 Å². The second-order valence-corrected chi connectivity index (χ2v) is 7.37. The van der Waals surface area contributed by atoms with E-state index in [0.29, 0.717) is 22.4 Å². The molecular weight excluding hydrogens is 380 g/mol. The topological polar surface area (TPSA) is 92.3 Å². The van der Waals surface area contributed by atoms with Crippen LogP contribution in [-0.2, 0) is 11.2 Å². The van der Waals surface area contributed by atoms with Gasteiger partial charge in [0.05, 0.1) is 35.1 Å². The van der Waals surface area contributed by atoms with Crippen LogP contribution in [0.4, 0.5) is 5.69 Å². The van der Waals surface area contributed by atoms with Crippen molar-refractivity contribution < 1.29 is 14.4 Å². The number of anilines is 1. The lowest BCUT2D eigenvalue weighted by atomic mass is 9.97. The molecular formula is C23H20N4O3. The molecule has 0 atom stereocenters. The molecule has 0 aliphatic carbocycles. The summed E-state index contributed by atoms with van der Waals surface area (Å²) in [6, 6.07) is 9.10. The number of pyridine rings is 2. The summed E-state index contributed by atoms with van der Waals surface area (Å²) in [4.78, 5) is 47.0. The second kappa shape index (κ2) is 7.51. The van der Waals surface area contributed by atoms with Crippen LogP contribution in [0.1, 0.15) is 37.4 Å². The number of hydrogen-bond donors (Lipinski definition) is 1. The molecule has 1 aromatic carbocycles. The molecule has 3 aromatic rings. The largest absolute Gasteiger partial charge is 0.324 e. The Balaban J connectivity index is 1.56. The van der Waals surface area contributed by atoms with Gasteiger partial charge >= 0.3 is 0 Å². The third-order valence-electron chi connectivity index (χ3n) is 5.11. The number of carbonyl (C=O) groups is 3. The van der Waals surface area contributed by atoms with Gasteiger partial charge in [-0.25, -0.2) is 0 Å². The van der Waals surface area contributed by atoms with Crippen molar-refractivity contribution in [2.45, 2.75) is 20.3 Å². The first-order chi connectivity index (χ1) is 14.3. The van der Waals surface area contributed by atoms with Crippen molar-refractivity contribution in [1.82, 2.24) is 14.9 Å². The molecule has 0 fully saturated rings. The normalized spacial score (nSPS) is 12.8. The molecule has 7 nitrogen and oxygen atoms in total. The Bertz CT molecular complexity index is 1190. The van der Waals surface area contributed by atoms with Crippen molar-refractivity contribution in [3.05, 3.63) is 76.7 Å². The van der Waals surface area contributed by atoms with Gasteiger partial charge in [0.1, 0.15) is 0 Å². The Morgan fingerprint density at radius 3 is 2.60 bits per heavy atom. The number of nitrogens with zero attached hydrogens (tertiary/aromatic N) is 3. The van der Waals surface area contributed by atoms with Gasteiger partial charge in [-0.05, 0) is 54.8 Å². The SMILES string of the molecule is Cc1cc(CC(=O)Nc2cnc(-c3cccnc3)cc2C)c2c(c1)C(=O)N(C)C2=O. The monoisotopic (exact) mass is 400 g/mol. The van der Waals surface area contributed by atoms with Gasteiger partial charge in [0, 0.05) is 25.0 Å². The zero-order chi connectivity index (χ0) is 21.4. The van der Waals surface area contributed by atoms with Crippen LogP contribution < -0.4 is 5.32 Å². The predicted octanol–water partition coefficient (Wildman–Crippen LogP) is 3.17. The summed E-state index contributed by atoms with van der Waals surface area (Å²) in [6.07, 6.45) is 5.02. The van der Waals surface area contributed by atoms with Crippen LogP contribution in [0.2, 0.25) is 0 Å². The maximum Gasteiger partial charge on any atom is 0.261 e. The minimum Gasteiger partial charge on any atom is -0.324 e. The molecule has 3 amide bonds. The number of carbonyl (C=O) groups excluding carboxylic acids is 3. The molecule has 0 saturated heterocycles. The molecule has 2 aromatic heterocycles. The first kappa shape index (κ1) is 19.4. The van der Waals surface area contributed by atoms with Crippen molar-refractivity contribution in [3.63, 3.8) is 0 Å². The lowest BCUT2D eigenvalue weighted by Gasteiger charge is -2.11. The van der Waals surface area contributed by atoms with Crippen LogP contribution in [0.3, 0.4) is 0 Å². The lowest BCUT2D eigenvalue weighted by molar-refractivity contribution is -0.115. The molecule has 4 rings (SSSR count). The summed E-state index contributed by atoms with van der Waals surface area (Å²) in [5.41, 5.74) is 5.14. The van der Waals surface area contributed by atoms with Crippen LogP contribution in [0.25, 0.3) is 11.3 Å². The van der Waals surface area contributed by atoms with E-state index in [-0.39, 0.29) is 24.1 Å². The molecule has 0 radical (unpaired) electrons. The Hall–Kier alpha value is -3.87. The summed E-state index contributed by atoms with van der Waals surface area (Å²) in [5.74, 6) is -1.00. The van der Waals surface area contributed by atoms with E-state index in [0.717, 1.165) is 27.3 Å². The fraction of sp³-hybridized carbons (Fsp3) is 0.174. The van der Waals surface area contributed by atoms with Gasteiger partial charge < -0.3 is 5.32 Å². The number of nitrogens with one attached hydrogen (secondary N) is 1. The number of aromatic nitrogens is 2. The maximum atomic E-state index is 12.7. The molecule has 1 aliphatic rings. The molecule has 1 N–H and O–H groups in total. The Morgan fingerprint density at radius 1 is 1.10 bits per heavy atom. The third-order valence-corrected chi connectivity index (χ3v) is 5.11. The van der Waals surface area contributed by atoms with Gasteiger partial charge in [-0.1, -0.05) is 6.07 Å². The fourth-order valence-corrected chi connectivity index (χ4v) is 3.59. The zero-order valence-corrected chi connectivity index (χ0v) is 16.9.